The van der Waals surface area contributed by atoms with Gasteiger partial charge in [-0.1, -0.05) is 6.07 Å². The molecule has 46 heavy (non-hydrogen) atoms. The summed E-state index contributed by atoms with van der Waals surface area (Å²) in [4.78, 5) is 52.8. The molecule has 4 aliphatic rings. The number of alkyl carbamates (subject to hydrolysis) is 1. The molecule has 1 amide bonds. The van der Waals surface area contributed by atoms with Crippen LogP contribution in [0.5, 0.6) is 11.5 Å². The maximum Gasteiger partial charge on any atom is 0.514 e. The highest BCUT2D eigenvalue weighted by Gasteiger charge is 2.72. The quantitative estimate of drug-likeness (QED) is 0.263. The van der Waals surface area contributed by atoms with E-state index in [2.05, 4.69) is 10.2 Å². The topological polar surface area (TPSA) is 159 Å². The fraction of sp³-hybridized carbons (Fsp3) is 0.636. The van der Waals surface area contributed by atoms with Gasteiger partial charge in [-0.25, -0.2) is 19.2 Å². The molecule has 2 aliphatic heterocycles. The van der Waals surface area contributed by atoms with Crippen LogP contribution >= 0.6 is 0 Å². The fourth-order valence-electron chi connectivity index (χ4n) is 6.93. The van der Waals surface area contributed by atoms with E-state index in [1.165, 1.54) is 13.8 Å². The molecule has 1 aromatic carbocycles. The van der Waals surface area contributed by atoms with Gasteiger partial charge in [0.2, 0.25) is 0 Å². The number of amides is 1. The van der Waals surface area contributed by atoms with Crippen LogP contribution in [0, 0.1) is 0 Å². The molecule has 1 fully saturated rings. The maximum atomic E-state index is 13.3. The number of aliphatic hydroxyl groups is 1. The summed E-state index contributed by atoms with van der Waals surface area (Å²) in [5, 5.41) is 14.8. The van der Waals surface area contributed by atoms with Gasteiger partial charge in [-0.15, -0.1) is 0 Å². The molecule has 13 heteroatoms. The molecule has 0 saturated carbocycles. The summed E-state index contributed by atoms with van der Waals surface area (Å²) in [5.74, 6) is -1.13. The van der Waals surface area contributed by atoms with Gasteiger partial charge in [-0.2, -0.15) is 0 Å². The number of hydrogen-bond acceptors (Lipinski definition) is 12. The van der Waals surface area contributed by atoms with Crippen LogP contribution < -0.4 is 14.8 Å². The molecule has 6 atom stereocenters. The van der Waals surface area contributed by atoms with Crippen LogP contribution in [-0.4, -0.2) is 88.9 Å². The van der Waals surface area contributed by atoms with Gasteiger partial charge >= 0.3 is 24.2 Å². The maximum absolute atomic E-state index is 13.3. The largest absolute Gasteiger partial charge is 0.514 e. The Balaban J connectivity index is 1.38. The van der Waals surface area contributed by atoms with E-state index in [0.29, 0.717) is 25.1 Å². The third kappa shape index (κ3) is 5.90. The van der Waals surface area contributed by atoms with E-state index in [0.717, 1.165) is 11.1 Å². The Labute approximate surface area is 268 Å². The molecular weight excluding hydrogens is 600 g/mol. The summed E-state index contributed by atoms with van der Waals surface area (Å²) in [6.45, 7) is 13.7. The standard InChI is InChI=1S/C33H44N2O11/c1-17(34-28(38)45-30(3,4)5)26(36)41-18(2)27(37)42-21-12-13-33(40)22-16-19-10-11-20(43-29(39)46-31(6,7)8)24-23(19)32(33,25(21)44-24)14-15-35(22)9/h10-12,17-18,22,25,40H,13-16H2,1-9H3,(H,34,38)/t17-,18-,22?,25-,32-,33-/m0/s1. The van der Waals surface area contributed by atoms with Crippen molar-refractivity contribution in [2.75, 3.05) is 13.6 Å². The van der Waals surface area contributed by atoms with Crippen molar-refractivity contribution in [3.05, 3.63) is 35.1 Å². The number of ether oxygens (including phenoxy) is 6. The Morgan fingerprint density at radius 1 is 1.02 bits per heavy atom. The summed E-state index contributed by atoms with van der Waals surface area (Å²) >= 11 is 0. The number of likely N-dealkylation sites (N-methyl/N-ethyl adjacent to an activating group) is 1. The van der Waals surface area contributed by atoms with Crippen molar-refractivity contribution >= 4 is 24.2 Å². The lowest BCUT2D eigenvalue weighted by Crippen LogP contribution is -2.74. The zero-order valence-electron chi connectivity index (χ0n) is 27.8. The van der Waals surface area contributed by atoms with Crippen molar-refractivity contribution in [2.24, 2.45) is 0 Å². The lowest BCUT2D eigenvalue weighted by atomic mass is 9.50. The van der Waals surface area contributed by atoms with Gasteiger partial charge in [0, 0.05) is 18.0 Å². The van der Waals surface area contributed by atoms with Gasteiger partial charge in [-0.05, 0) is 99.5 Å². The lowest BCUT2D eigenvalue weighted by Gasteiger charge is -2.61. The average Bonchev–Trinajstić information content (AvgIpc) is 3.27. The average molecular weight is 645 g/mol. The molecule has 13 nitrogen and oxygen atoms in total. The molecule has 2 N–H and O–H groups in total. The molecule has 2 heterocycles. The molecule has 2 aliphatic carbocycles. The van der Waals surface area contributed by atoms with Crippen molar-refractivity contribution in [1.82, 2.24) is 10.2 Å². The molecule has 2 bridgehead atoms. The van der Waals surface area contributed by atoms with E-state index in [-0.39, 0.29) is 24.0 Å². The van der Waals surface area contributed by atoms with Crippen LogP contribution in [0.15, 0.2) is 24.0 Å². The summed E-state index contributed by atoms with van der Waals surface area (Å²) in [6.07, 6.45) is -1.14. The van der Waals surface area contributed by atoms with Crippen LogP contribution in [0.1, 0.15) is 79.4 Å². The molecule has 0 radical (unpaired) electrons. The van der Waals surface area contributed by atoms with Gasteiger partial charge in [0.1, 0.15) is 23.0 Å². The molecule has 1 saturated heterocycles. The predicted molar refractivity (Wildman–Crippen MR) is 162 cm³/mol. The Morgan fingerprint density at radius 2 is 1.70 bits per heavy atom. The summed E-state index contributed by atoms with van der Waals surface area (Å²) in [7, 11) is 1.97. The van der Waals surface area contributed by atoms with Crippen molar-refractivity contribution in [3.63, 3.8) is 0 Å². The van der Waals surface area contributed by atoms with Crippen molar-refractivity contribution in [2.45, 2.75) is 121 Å². The zero-order chi connectivity index (χ0) is 34.0. The monoisotopic (exact) mass is 644 g/mol. The minimum Gasteiger partial charge on any atom is -0.477 e. The first-order valence-electron chi connectivity index (χ1n) is 15.5. The fourth-order valence-corrected chi connectivity index (χ4v) is 6.93. The highest BCUT2D eigenvalue weighted by atomic mass is 16.7. The third-order valence-electron chi connectivity index (χ3n) is 8.85. The number of carbonyl (C=O) groups excluding carboxylic acids is 4. The van der Waals surface area contributed by atoms with E-state index in [1.807, 2.05) is 13.1 Å². The SMILES string of the molecule is C[C@H](NC(=O)OC(C)(C)C)C(=O)O[C@@H](C)C(=O)OC1=CC[C@]2(O)C3Cc4ccc(OC(=O)OC(C)(C)C)c5c4[C@@]2(CCN3C)[C@H]1O5. The van der Waals surface area contributed by atoms with E-state index >= 15 is 0 Å². The van der Waals surface area contributed by atoms with Gasteiger partial charge in [0.25, 0.3) is 0 Å². The number of nitrogens with one attached hydrogen (secondary N) is 1. The van der Waals surface area contributed by atoms with E-state index in [1.54, 1.807) is 53.7 Å². The smallest absolute Gasteiger partial charge is 0.477 e. The van der Waals surface area contributed by atoms with Crippen LogP contribution in [0.25, 0.3) is 0 Å². The Kier molecular flexibility index (Phi) is 8.34. The molecule has 1 aromatic rings. The molecule has 5 rings (SSSR count). The number of piperidine rings is 1. The van der Waals surface area contributed by atoms with Crippen molar-refractivity contribution < 1.29 is 52.7 Å². The summed E-state index contributed by atoms with van der Waals surface area (Å²) < 4.78 is 33.8. The molecule has 1 spiro atoms. The first-order chi connectivity index (χ1) is 21.3. The van der Waals surface area contributed by atoms with Crippen molar-refractivity contribution in [1.29, 1.82) is 0 Å². The molecule has 0 aromatic heterocycles. The molecule has 1 unspecified atom stereocenters. The Morgan fingerprint density at radius 3 is 2.35 bits per heavy atom. The Hall–Kier alpha value is -3.84. The second-order valence-corrected chi connectivity index (χ2v) is 14.5. The molecular formula is C33H44N2O11. The number of nitrogens with zero attached hydrogens (tertiary/aromatic N) is 1. The molecule has 252 valence electrons. The van der Waals surface area contributed by atoms with Gasteiger partial charge in [-0.3, -0.25) is 0 Å². The van der Waals surface area contributed by atoms with E-state index < -0.39 is 64.7 Å². The number of rotatable bonds is 6. The van der Waals surface area contributed by atoms with Crippen LogP contribution in [-0.2, 0) is 40.4 Å². The number of hydrogen-bond donors (Lipinski definition) is 2. The highest BCUT2D eigenvalue weighted by Crippen LogP contribution is 2.65. The van der Waals surface area contributed by atoms with Crippen molar-refractivity contribution in [3.8, 4) is 11.5 Å². The number of carbonyl (C=O) groups is 4. The van der Waals surface area contributed by atoms with Crippen LogP contribution in [0.4, 0.5) is 9.59 Å². The second kappa shape index (κ2) is 11.4. The zero-order valence-corrected chi connectivity index (χ0v) is 27.8. The number of benzene rings is 1. The van der Waals surface area contributed by atoms with Gasteiger partial charge < -0.3 is 43.7 Å². The second-order valence-electron chi connectivity index (χ2n) is 14.5. The lowest BCUT2D eigenvalue weighted by molar-refractivity contribution is -0.175. The highest BCUT2D eigenvalue weighted by molar-refractivity contribution is 5.84. The Bertz CT molecular complexity index is 1470. The van der Waals surface area contributed by atoms with E-state index in [9.17, 15) is 24.3 Å². The summed E-state index contributed by atoms with van der Waals surface area (Å²) in [6, 6.07) is 2.18. The number of esters is 2. The van der Waals surface area contributed by atoms with E-state index in [4.69, 9.17) is 28.4 Å². The first kappa shape index (κ1) is 33.5. The minimum absolute atomic E-state index is 0.135. The predicted octanol–water partition coefficient (Wildman–Crippen LogP) is 3.67. The van der Waals surface area contributed by atoms with Crippen LogP contribution in [0.3, 0.4) is 0 Å². The summed E-state index contributed by atoms with van der Waals surface area (Å²) in [5.41, 5.74) is -2.15. The van der Waals surface area contributed by atoms with Gasteiger partial charge in [0.15, 0.2) is 23.7 Å². The normalized spacial score (nSPS) is 27.6. The van der Waals surface area contributed by atoms with Crippen LogP contribution in [0.2, 0.25) is 0 Å². The number of likely N-dealkylation sites (tertiary alicyclic amines) is 1. The minimum atomic E-state index is -1.34. The third-order valence-corrected chi connectivity index (χ3v) is 8.85. The van der Waals surface area contributed by atoms with Gasteiger partial charge in [0.05, 0.1) is 11.0 Å². The first-order valence-corrected chi connectivity index (χ1v) is 15.5.